The summed E-state index contributed by atoms with van der Waals surface area (Å²) < 4.78 is 0. The lowest BCUT2D eigenvalue weighted by molar-refractivity contribution is 0.492. The molecule has 2 atom stereocenters. The molecule has 1 aromatic rings. The molecule has 1 aliphatic carbocycles. The largest absolute Gasteiger partial charge is 0.345 e. The lowest BCUT2D eigenvalue weighted by Gasteiger charge is -2.15. The Bertz CT molecular complexity index is 314. The molecule has 0 saturated heterocycles. The van der Waals surface area contributed by atoms with Crippen LogP contribution in [0.15, 0.2) is 0 Å². The van der Waals surface area contributed by atoms with Gasteiger partial charge in [0, 0.05) is 11.6 Å². The second-order valence-corrected chi connectivity index (χ2v) is 4.70. The molecule has 0 fully saturated rings. The minimum absolute atomic E-state index is 0.580. The van der Waals surface area contributed by atoms with Gasteiger partial charge in [-0.15, -0.1) is 0 Å². The van der Waals surface area contributed by atoms with Gasteiger partial charge in [-0.2, -0.15) is 0 Å². The van der Waals surface area contributed by atoms with E-state index in [4.69, 9.17) is 4.98 Å². The van der Waals surface area contributed by atoms with Crippen molar-refractivity contribution < 1.29 is 0 Å². The number of hydrogen-bond donors (Lipinski definition) is 1. The van der Waals surface area contributed by atoms with Crippen molar-refractivity contribution >= 4 is 0 Å². The Balaban J connectivity index is 2.23. The molecule has 0 aliphatic heterocycles. The number of rotatable bonds is 2. The third-order valence-corrected chi connectivity index (χ3v) is 3.39. The van der Waals surface area contributed by atoms with Crippen LogP contribution in [0.5, 0.6) is 0 Å². The number of aromatic nitrogens is 2. The van der Waals surface area contributed by atoms with Crippen LogP contribution in [0.4, 0.5) is 0 Å². The number of imidazole rings is 1. The normalized spacial score (nSPS) is 23.2. The zero-order chi connectivity index (χ0) is 10.1. The lowest BCUT2D eigenvalue weighted by Crippen LogP contribution is -2.10. The quantitative estimate of drug-likeness (QED) is 0.766. The van der Waals surface area contributed by atoms with E-state index in [0.29, 0.717) is 5.92 Å². The van der Waals surface area contributed by atoms with E-state index in [1.54, 1.807) is 0 Å². The molecule has 1 aliphatic rings. The fourth-order valence-corrected chi connectivity index (χ4v) is 2.10. The number of nitrogens with zero attached hydrogens (tertiary/aromatic N) is 1. The second-order valence-electron chi connectivity index (χ2n) is 4.70. The molecule has 0 radical (unpaired) electrons. The molecule has 1 heterocycles. The number of nitrogens with one attached hydrogen (secondary N) is 1. The van der Waals surface area contributed by atoms with Crippen LogP contribution in [0, 0.1) is 5.92 Å². The SMILES string of the molecule is CCC(C)c1nc2c([nH]1)CC(C)CC2. The second kappa shape index (κ2) is 3.76. The van der Waals surface area contributed by atoms with Crippen LogP contribution in [0.2, 0.25) is 0 Å². The Morgan fingerprint density at radius 1 is 1.57 bits per heavy atom. The van der Waals surface area contributed by atoms with E-state index in [1.807, 2.05) is 0 Å². The fourth-order valence-electron chi connectivity index (χ4n) is 2.10. The molecule has 2 rings (SSSR count). The molecule has 2 unspecified atom stereocenters. The first-order valence-electron chi connectivity index (χ1n) is 5.78. The van der Waals surface area contributed by atoms with Crippen molar-refractivity contribution in [1.82, 2.24) is 9.97 Å². The molecular formula is C12H20N2. The van der Waals surface area contributed by atoms with Crippen molar-refractivity contribution in [3.05, 3.63) is 17.2 Å². The van der Waals surface area contributed by atoms with E-state index >= 15 is 0 Å². The third-order valence-electron chi connectivity index (χ3n) is 3.39. The lowest BCUT2D eigenvalue weighted by atomic mass is 9.92. The predicted octanol–water partition coefficient (Wildman–Crippen LogP) is 3.05. The van der Waals surface area contributed by atoms with Crippen LogP contribution < -0.4 is 0 Å². The van der Waals surface area contributed by atoms with E-state index in [2.05, 4.69) is 25.8 Å². The van der Waals surface area contributed by atoms with Crippen LogP contribution in [-0.4, -0.2) is 9.97 Å². The van der Waals surface area contributed by atoms with Gasteiger partial charge in [-0.05, 0) is 31.6 Å². The molecule has 0 spiro atoms. The van der Waals surface area contributed by atoms with Gasteiger partial charge in [0.05, 0.1) is 5.69 Å². The van der Waals surface area contributed by atoms with Gasteiger partial charge in [-0.3, -0.25) is 0 Å². The molecule has 0 aromatic carbocycles. The average molecular weight is 192 g/mol. The van der Waals surface area contributed by atoms with Crippen LogP contribution in [-0.2, 0) is 12.8 Å². The summed E-state index contributed by atoms with van der Waals surface area (Å²) in [6.07, 6.45) is 4.84. The van der Waals surface area contributed by atoms with E-state index in [-0.39, 0.29) is 0 Å². The summed E-state index contributed by atoms with van der Waals surface area (Å²) in [6, 6.07) is 0. The van der Waals surface area contributed by atoms with Crippen molar-refractivity contribution in [3.63, 3.8) is 0 Å². The molecule has 0 bridgehead atoms. The fraction of sp³-hybridized carbons (Fsp3) is 0.750. The van der Waals surface area contributed by atoms with Gasteiger partial charge < -0.3 is 4.98 Å². The van der Waals surface area contributed by atoms with E-state index < -0.39 is 0 Å². The number of H-pyrrole nitrogens is 1. The Kier molecular flexibility index (Phi) is 2.62. The molecule has 0 saturated carbocycles. The number of hydrogen-bond acceptors (Lipinski definition) is 1. The third kappa shape index (κ3) is 1.70. The van der Waals surface area contributed by atoms with Gasteiger partial charge >= 0.3 is 0 Å². The highest BCUT2D eigenvalue weighted by atomic mass is 14.9. The molecule has 1 N–H and O–H groups in total. The van der Waals surface area contributed by atoms with Crippen molar-refractivity contribution in [2.45, 2.75) is 52.4 Å². The van der Waals surface area contributed by atoms with Gasteiger partial charge in [-0.1, -0.05) is 20.8 Å². The van der Waals surface area contributed by atoms with Gasteiger partial charge in [-0.25, -0.2) is 4.98 Å². The van der Waals surface area contributed by atoms with Crippen molar-refractivity contribution in [2.75, 3.05) is 0 Å². The van der Waals surface area contributed by atoms with Crippen LogP contribution in [0.25, 0.3) is 0 Å². The smallest absolute Gasteiger partial charge is 0.109 e. The first-order chi connectivity index (χ1) is 6.70. The summed E-state index contributed by atoms with van der Waals surface area (Å²) in [4.78, 5) is 8.20. The average Bonchev–Trinajstić information content (AvgIpc) is 2.59. The van der Waals surface area contributed by atoms with Crippen LogP contribution in [0.1, 0.15) is 56.7 Å². The van der Waals surface area contributed by atoms with E-state index in [0.717, 1.165) is 5.92 Å². The standard InChI is InChI=1S/C12H20N2/c1-4-9(3)12-13-10-6-5-8(2)7-11(10)14-12/h8-9H,4-7H2,1-3H3,(H,13,14). The minimum Gasteiger partial charge on any atom is -0.345 e. The summed E-state index contributed by atoms with van der Waals surface area (Å²) in [5.41, 5.74) is 2.73. The highest BCUT2D eigenvalue weighted by molar-refractivity contribution is 5.19. The molecule has 2 nitrogen and oxygen atoms in total. The van der Waals surface area contributed by atoms with E-state index in [1.165, 1.54) is 42.9 Å². The first-order valence-corrected chi connectivity index (χ1v) is 5.78. The van der Waals surface area contributed by atoms with Gasteiger partial charge in [0.1, 0.15) is 5.82 Å². The first kappa shape index (κ1) is 9.75. The zero-order valence-corrected chi connectivity index (χ0v) is 9.43. The number of aryl methyl sites for hydroxylation is 1. The Morgan fingerprint density at radius 3 is 3.07 bits per heavy atom. The summed E-state index contributed by atoms with van der Waals surface area (Å²) in [5, 5.41) is 0. The highest BCUT2D eigenvalue weighted by Gasteiger charge is 2.20. The maximum Gasteiger partial charge on any atom is 0.109 e. The summed E-state index contributed by atoms with van der Waals surface area (Å²) in [6.45, 7) is 6.79. The highest BCUT2D eigenvalue weighted by Crippen LogP contribution is 2.26. The summed E-state index contributed by atoms with van der Waals surface area (Å²) in [5.74, 6) is 2.61. The Hall–Kier alpha value is -0.790. The minimum atomic E-state index is 0.580. The van der Waals surface area contributed by atoms with Crippen molar-refractivity contribution in [3.8, 4) is 0 Å². The van der Waals surface area contributed by atoms with Crippen LogP contribution >= 0.6 is 0 Å². The molecule has 14 heavy (non-hydrogen) atoms. The zero-order valence-electron chi connectivity index (χ0n) is 9.43. The predicted molar refractivity (Wildman–Crippen MR) is 58.5 cm³/mol. The number of aromatic amines is 1. The van der Waals surface area contributed by atoms with Gasteiger partial charge in [0.2, 0.25) is 0 Å². The van der Waals surface area contributed by atoms with Crippen molar-refractivity contribution in [2.24, 2.45) is 5.92 Å². The topological polar surface area (TPSA) is 28.7 Å². The Morgan fingerprint density at radius 2 is 2.36 bits per heavy atom. The Labute approximate surface area is 86.1 Å². The van der Waals surface area contributed by atoms with Crippen LogP contribution in [0.3, 0.4) is 0 Å². The monoisotopic (exact) mass is 192 g/mol. The molecular weight excluding hydrogens is 172 g/mol. The maximum absolute atomic E-state index is 4.70. The van der Waals surface area contributed by atoms with Crippen molar-refractivity contribution in [1.29, 1.82) is 0 Å². The molecule has 2 heteroatoms. The van der Waals surface area contributed by atoms with Gasteiger partial charge in [0.15, 0.2) is 0 Å². The summed E-state index contributed by atoms with van der Waals surface area (Å²) in [7, 11) is 0. The molecule has 1 aromatic heterocycles. The van der Waals surface area contributed by atoms with Gasteiger partial charge in [0.25, 0.3) is 0 Å². The maximum atomic E-state index is 4.70. The molecule has 0 amide bonds. The molecule has 78 valence electrons. The number of fused-ring (bicyclic) bond motifs is 1. The summed E-state index contributed by atoms with van der Waals surface area (Å²) >= 11 is 0. The van der Waals surface area contributed by atoms with E-state index in [9.17, 15) is 0 Å².